The van der Waals surface area contributed by atoms with Crippen LogP contribution in [-0.4, -0.2) is 16.9 Å². The van der Waals surface area contributed by atoms with Gasteiger partial charge in [-0.1, -0.05) is 12.1 Å². The summed E-state index contributed by atoms with van der Waals surface area (Å²) in [6.45, 7) is 0. The first-order chi connectivity index (χ1) is 13.7. The van der Waals surface area contributed by atoms with Crippen molar-refractivity contribution in [2.24, 2.45) is 5.73 Å². The molecule has 3 aromatic rings. The van der Waals surface area contributed by atoms with Gasteiger partial charge in [0, 0.05) is 28.7 Å². The number of primary amides is 1. The molecule has 0 aliphatic carbocycles. The third kappa shape index (κ3) is 5.55. The van der Waals surface area contributed by atoms with Gasteiger partial charge in [-0.25, -0.2) is 9.78 Å². The molecule has 29 heavy (non-hydrogen) atoms. The van der Waals surface area contributed by atoms with Gasteiger partial charge in [0.05, 0.1) is 5.56 Å². The molecule has 6 nitrogen and oxygen atoms in total. The number of carbonyl (C=O) groups excluding carboxylic acids is 2. The molecule has 1 aromatic heterocycles. The number of rotatable bonds is 5. The van der Waals surface area contributed by atoms with Crippen molar-refractivity contribution in [3.63, 3.8) is 0 Å². The van der Waals surface area contributed by atoms with E-state index in [1.807, 2.05) is 0 Å². The van der Waals surface area contributed by atoms with Crippen molar-refractivity contribution in [1.82, 2.24) is 4.98 Å². The second-order valence-electron chi connectivity index (χ2n) is 6.02. The fourth-order valence-electron chi connectivity index (χ4n) is 2.48. The summed E-state index contributed by atoms with van der Waals surface area (Å²) in [5.41, 5.74) is 5.85. The highest BCUT2D eigenvalue weighted by molar-refractivity contribution is 7.15. The smallest absolute Gasteiger partial charge is 0.351 e. The van der Waals surface area contributed by atoms with E-state index in [2.05, 4.69) is 15.6 Å². The lowest BCUT2D eigenvalue weighted by Gasteiger charge is -2.07. The zero-order chi connectivity index (χ0) is 21.0. The van der Waals surface area contributed by atoms with Crippen LogP contribution in [0.15, 0.2) is 54.7 Å². The molecule has 10 heteroatoms. The summed E-state index contributed by atoms with van der Waals surface area (Å²) in [5.74, 6) is -0.383. The van der Waals surface area contributed by atoms with Crippen LogP contribution in [0.3, 0.4) is 0 Å². The van der Waals surface area contributed by atoms with Crippen LogP contribution < -0.4 is 16.4 Å². The van der Waals surface area contributed by atoms with Crippen molar-refractivity contribution in [3.8, 4) is 0 Å². The number of nitrogens with one attached hydrogen (secondary N) is 2. The van der Waals surface area contributed by atoms with Crippen molar-refractivity contribution in [2.75, 3.05) is 10.6 Å². The number of urea groups is 1. The Labute approximate surface area is 167 Å². The number of aromatic nitrogens is 1. The number of thiazole rings is 1. The minimum atomic E-state index is -4.37. The molecule has 0 atom stereocenters. The van der Waals surface area contributed by atoms with Crippen molar-refractivity contribution >= 4 is 34.1 Å². The highest BCUT2D eigenvalue weighted by atomic mass is 32.1. The Kier molecular flexibility index (Phi) is 5.83. The molecule has 3 rings (SSSR count). The molecule has 0 spiro atoms. The Hall–Kier alpha value is -3.40. The molecule has 0 unspecified atom stereocenters. The van der Waals surface area contributed by atoms with Crippen LogP contribution in [0.25, 0.3) is 0 Å². The average Bonchev–Trinajstić information content (AvgIpc) is 3.08. The van der Waals surface area contributed by atoms with Crippen LogP contribution in [-0.2, 0) is 12.6 Å². The molecule has 4 N–H and O–H groups in total. The van der Waals surface area contributed by atoms with Crippen molar-refractivity contribution in [3.05, 3.63) is 76.3 Å². The highest BCUT2D eigenvalue weighted by Gasteiger charge is 2.29. The molecular formula is C19H15F3N4O2S. The Balaban J connectivity index is 1.61. The van der Waals surface area contributed by atoms with Gasteiger partial charge in [0.15, 0.2) is 5.13 Å². The van der Waals surface area contributed by atoms with Gasteiger partial charge in [-0.2, -0.15) is 13.2 Å². The summed E-state index contributed by atoms with van der Waals surface area (Å²) in [6.07, 6.45) is -2.40. The van der Waals surface area contributed by atoms with Gasteiger partial charge in [-0.3, -0.25) is 10.1 Å². The third-order valence-electron chi connectivity index (χ3n) is 3.85. The molecule has 0 saturated heterocycles. The largest absolute Gasteiger partial charge is 0.416 e. The maximum atomic E-state index is 12.6. The molecule has 0 aliphatic heterocycles. The number of anilines is 2. The Bertz CT molecular complexity index is 1020. The van der Waals surface area contributed by atoms with E-state index >= 15 is 0 Å². The van der Waals surface area contributed by atoms with Crippen molar-refractivity contribution < 1.29 is 22.8 Å². The van der Waals surface area contributed by atoms with E-state index in [9.17, 15) is 22.8 Å². The number of hydrogen-bond acceptors (Lipinski definition) is 4. The molecule has 0 fully saturated rings. The van der Waals surface area contributed by atoms with E-state index in [4.69, 9.17) is 5.73 Å². The average molecular weight is 420 g/mol. The van der Waals surface area contributed by atoms with Gasteiger partial charge < -0.3 is 11.1 Å². The zero-order valence-electron chi connectivity index (χ0n) is 14.8. The predicted octanol–water partition coefficient (Wildman–Crippen LogP) is 4.50. The summed E-state index contributed by atoms with van der Waals surface area (Å²) in [6, 6.07) is 10.3. The van der Waals surface area contributed by atoms with Crippen LogP contribution in [0, 0.1) is 0 Å². The van der Waals surface area contributed by atoms with Gasteiger partial charge >= 0.3 is 12.2 Å². The lowest BCUT2D eigenvalue weighted by molar-refractivity contribution is -0.137. The second-order valence-corrected chi connectivity index (χ2v) is 7.14. The number of hydrogen-bond donors (Lipinski definition) is 3. The quantitative estimate of drug-likeness (QED) is 0.567. The van der Waals surface area contributed by atoms with Crippen LogP contribution in [0.4, 0.5) is 28.8 Å². The maximum Gasteiger partial charge on any atom is 0.416 e. The van der Waals surface area contributed by atoms with E-state index in [0.29, 0.717) is 28.4 Å². The second kappa shape index (κ2) is 8.31. The topological polar surface area (TPSA) is 97.1 Å². The number of benzene rings is 2. The molecule has 0 radical (unpaired) electrons. The lowest BCUT2D eigenvalue weighted by atomic mass is 10.1. The number of nitrogens with two attached hydrogens (primary N) is 1. The van der Waals surface area contributed by atoms with Crippen LogP contribution in [0.5, 0.6) is 0 Å². The monoisotopic (exact) mass is 420 g/mol. The van der Waals surface area contributed by atoms with Crippen LogP contribution in [0.1, 0.15) is 26.4 Å². The van der Waals surface area contributed by atoms with E-state index in [-0.39, 0.29) is 5.91 Å². The number of carbonyl (C=O) groups is 2. The Morgan fingerprint density at radius 1 is 1.00 bits per heavy atom. The molecule has 150 valence electrons. The first-order valence-corrected chi connectivity index (χ1v) is 9.11. The minimum absolute atomic E-state index is 0.361. The molecule has 2 aromatic carbocycles. The summed E-state index contributed by atoms with van der Waals surface area (Å²) in [5, 5.41) is 5.43. The first kappa shape index (κ1) is 20.3. The SMILES string of the molecule is NC(=O)Nc1ccc(C(=O)Nc2ncc(Cc3ccc(C(F)(F)F)cc3)s2)cc1. The number of halogens is 3. The molecule has 0 saturated carbocycles. The lowest BCUT2D eigenvalue weighted by Crippen LogP contribution is -2.19. The fourth-order valence-corrected chi connectivity index (χ4v) is 3.32. The van der Waals surface area contributed by atoms with Gasteiger partial charge in [0.25, 0.3) is 5.91 Å². The highest BCUT2D eigenvalue weighted by Crippen LogP contribution is 2.30. The van der Waals surface area contributed by atoms with E-state index in [0.717, 1.165) is 17.0 Å². The Morgan fingerprint density at radius 3 is 2.24 bits per heavy atom. The van der Waals surface area contributed by atoms with Gasteiger partial charge in [0.2, 0.25) is 0 Å². The first-order valence-electron chi connectivity index (χ1n) is 8.29. The standard InChI is InChI=1S/C19H15F3N4O2S/c20-19(21,22)13-5-1-11(2-6-13)9-15-10-24-18(29-15)26-16(27)12-3-7-14(8-4-12)25-17(23)28/h1-8,10H,9H2,(H3,23,25,28)(H,24,26,27). The zero-order valence-corrected chi connectivity index (χ0v) is 15.6. The molecule has 3 amide bonds. The van der Waals surface area contributed by atoms with E-state index < -0.39 is 17.8 Å². The molecule has 0 bridgehead atoms. The van der Waals surface area contributed by atoms with Crippen LogP contribution in [0.2, 0.25) is 0 Å². The molecule has 1 heterocycles. The summed E-state index contributed by atoms with van der Waals surface area (Å²) in [4.78, 5) is 28.0. The van der Waals surface area contributed by atoms with Crippen molar-refractivity contribution in [1.29, 1.82) is 0 Å². The third-order valence-corrected chi connectivity index (χ3v) is 4.76. The summed E-state index contributed by atoms with van der Waals surface area (Å²) >= 11 is 1.23. The fraction of sp³-hybridized carbons (Fsp3) is 0.105. The number of alkyl halides is 3. The van der Waals surface area contributed by atoms with E-state index in [1.54, 1.807) is 6.20 Å². The van der Waals surface area contributed by atoms with Gasteiger partial charge in [0.1, 0.15) is 0 Å². The van der Waals surface area contributed by atoms with E-state index in [1.165, 1.54) is 47.7 Å². The normalized spacial score (nSPS) is 11.1. The molecule has 0 aliphatic rings. The number of amides is 3. The number of nitrogens with zero attached hydrogens (tertiary/aromatic N) is 1. The predicted molar refractivity (Wildman–Crippen MR) is 104 cm³/mol. The van der Waals surface area contributed by atoms with Crippen molar-refractivity contribution in [2.45, 2.75) is 12.6 Å². The van der Waals surface area contributed by atoms with Gasteiger partial charge in [-0.05, 0) is 42.0 Å². The van der Waals surface area contributed by atoms with Gasteiger partial charge in [-0.15, -0.1) is 11.3 Å². The maximum absolute atomic E-state index is 12.6. The summed E-state index contributed by atoms with van der Waals surface area (Å²) in [7, 11) is 0. The van der Waals surface area contributed by atoms with Crippen LogP contribution >= 0.6 is 11.3 Å². The summed E-state index contributed by atoms with van der Waals surface area (Å²) < 4.78 is 37.9. The molecular weight excluding hydrogens is 405 g/mol. The Morgan fingerprint density at radius 2 is 1.66 bits per heavy atom. The minimum Gasteiger partial charge on any atom is -0.351 e.